The van der Waals surface area contributed by atoms with E-state index in [0.29, 0.717) is 12.1 Å². The summed E-state index contributed by atoms with van der Waals surface area (Å²) in [7, 11) is 0. The molecule has 3 heterocycles. The molecule has 4 aromatic rings. The Bertz CT molecular complexity index is 967. The van der Waals surface area contributed by atoms with E-state index in [-0.39, 0.29) is 0 Å². The summed E-state index contributed by atoms with van der Waals surface area (Å²) in [5.41, 5.74) is 5.78. The van der Waals surface area contributed by atoms with Gasteiger partial charge in [-0.3, -0.25) is 9.97 Å². The number of nitrogens with one attached hydrogen (secondary N) is 1. The van der Waals surface area contributed by atoms with E-state index in [0.717, 1.165) is 33.8 Å². The fourth-order valence-electron chi connectivity index (χ4n) is 2.52. The quantitative estimate of drug-likeness (QED) is 0.619. The average Bonchev–Trinajstić information content (AvgIpc) is 3.02. The van der Waals surface area contributed by atoms with Crippen molar-refractivity contribution in [2.24, 2.45) is 0 Å². The van der Waals surface area contributed by atoms with Crippen molar-refractivity contribution in [2.45, 2.75) is 13.5 Å². The molecule has 0 aliphatic carbocycles. The average molecular weight is 317 g/mol. The van der Waals surface area contributed by atoms with E-state index in [1.54, 1.807) is 18.6 Å². The van der Waals surface area contributed by atoms with Crippen LogP contribution >= 0.6 is 0 Å². The van der Waals surface area contributed by atoms with Crippen LogP contribution in [0.4, 0.5) is 5.69 Å². The molecule has 118 valence electrons. The van der Waals surface area contributed by atoms with E-state index in [1.165, 1.54) is 0 Å². The summed E-state index contributed by atoms with van der Waals surface area (Å²) in [4.78, 5) is 13.0. The lowest BCUT2D eigenvalue weighted by Crippen LogP contribution is -2.03. The number of aryl methyl sites for hydroxylation is 1. The second-order valence-electron chi connectivity index (χ2n) is 5.42. The molecule has 0 bridgehead atoms. The first kappa shape index (κ1) is 14.3. The van der Waals surface area contributed by atoms with Crippen LogP contribution in [0.5, 0.6) is 0 Å². The van der Waals surface area contributed by atoms with E-state index >= 15 is 0 Å². The molecule has 6 heteroatoms. The van der Waals surface area contributed by atoms with Crippen molar-refractivity contribution in [3.05, 3.63) is 66.4 Å². The summed E-state index contributed by atoms with van der Waals surface area (Å²) < 4.78 is 5.45. The first-order chi connectivity index (χ1) is 11.8. The van der Waals surface area contributed by atoms with Gasteiger partial charge >= 0.3 is 0 Å². The molecular formula is C18H15N5O. The standard InChI is InChI=1S/C18H15N5O/c1-12-17-18(24-23-12)16(21-11-14-10-19-7-8-20-14)9-15(22-17)13-5-3-2-4-6-13/h2-10H,11H2,1H3,(H,21,22). The SMILES string of the molecule is Cc1noc2c(NCc3cnccn3)cc(-c3ccccc3)nc12. The Morgan fingerprint density at radius 3 is 2.79 bits per heavy atom. The minimum atomic E-state index is 0.543. The van der Waals surface area contributed by atoms with Crippen LogP contribution < -0.4 is 5.32 Å². The predicted octanol–water partition coefficient (Wildman–Crippen LogP) is 3.60. The molecular weight excluding hydrogens is 302 g/mol. The Morgan fingerprint density at radius 2 is 2.00 bits per heavy atom. The monoisotopic (exact) mass is 317 g/mol. The van der Waals surface area contributed by atoms with E-state index in [4.69, 9.17) is 9.51 Å². The molecule has 1 aromatic carbocycles. The van der Waals surface area contributed by atoms with Gasteiger partial charge in [0, 0.05) is 18.0 Å². The number of anilines is 1. The second-order valence-corrected chi connectivity index (χ2v) is 5.42. The van der Waals surface area contributed by atoms with Crippen molar-refractivity contribution in [1.82, 2.24) is 20.1 Å². The van der Waals surface area contributed by atoms with E-state index in [1.807, 2.05) is 43.3 Å². The van der Waals surface area contributed by atoms with Gasteiger partial charge in [0.15, 0.2) is 0 Å². The summed E-state index contributed by atoms with van der Waals surface area (Å²) in [6, 6.07) is 12.0. The molecule has 0 spiro atoms. The maximum atomic E-state index is 5.45. The zero-order valence-corrected chi connectivity index (χ0v) is 13.1. The van der Waals surface area contributed by atoms with Crippen molar-refractivity contribution in [2.75, 3.05) is 5.32 Å². The summed E-state index contributed by atoms with van der Waals surface area (Å²) in [5, 5.41) is 7.39. The van der Waals surface area contributed by atoms with Gasteiger partial charge in [-0.15, -0.1) is 0 Å². The molecule has 0 aliphatic rings. The molecule has 0 amide bonds. The molecule has 24 heavy (non-hydrogen) atoms. The predicted molar refractivity (Wildman–Crippen MR) is 91.3 cm³/mol. The molecule has 0 saturated heterocycles. The summed E-state index contributed by atoms with van der Waals surface area (Å²) in [6.45, 7) is 2.43. The number of hydrogen-bond donors (Lipinski definition) is 1. The molecule has 0 atom stereocenters. The highest BCUT2D eigenvalue weighted by atomic mass is 16.5. The lowest BCUT2D eigenvalue weighted by atomic mass is 10.1. The highest BCUT2D eigenvalue weighted by molar-refractivity contribution is 5.90. The molecule has 0 aliphatic heterocycles. The van der Waals surface area contributed by atoms with Gasteiger partial charge in [0.2, 0.25) is 5.58 Å². The molecule has 0 radical (unpaired) electrons. The van der Waals surface area contributed by atoms with Gasteiger partial charge in [-0.2, -0.15) is 0 Å². The molecule has 0 fully saturated rings. The maximum absolute atomic E-state index is 5.45. The summed E-state index contributed by atoms with van der Waals surface area (Å²) in [6.07, 6.45) is 5.06. The first-order valence-electron chi connectivity index (χ1n) is 7.62. The van der Waals surface area contributed by atoms with Crippen LogP contribution in [0.2, 0.25) is 0 Å². The van der Waals surface area contributed by atoms with E-state index < -0.39 is 0 Å². The van der Waals surface area contributed by atoms with Gasteiger partial charge in [0.1, 0.15) is 11.2 Å². The van der Waals surface area contributed by atoms with Crippen LogP contribution in [-0.4, -0.2) is 20.1 Å². The van der Waals surface area contributed by atoms with Crippen LogP contribution in [0.25, 0.3) is 22.4 Å². The highest BCUT2D eigenvalue weighted by Crippen LogP contribution is 2.30. The molecule has 4 rings (SSSR count). The number of benzene rings is 1. The number of nitrogens with zero attached hydrogens (tertiary/aromatic N) is 4. The van der Waals surface area contributed by atoms with Gasteiger partial charge < -0.3 is 9.84 Å². The largest absolute Gasteiger partial charge is 0.376 e. The molecule has 6 nitrogen and oxygen atoms in total. The lowest BCUT2D eigenvalue weighted by Gasteiger charge is -2.08. The van der Waals surface area contributed by atoms with Gasteiger partial charge in [0.25, 0.3) is 0 Å². The van der Waals surface area contributed by atoms with Crippen molar-refractivity contribution < 1.29 is 4.52 Å². The third kappa shape index (κ3) is 2.69. The van der Waals surface area contributed by atoms with Crippen LogP contribution in [-0.2, 0) is 6.54 Å². The molecule has 0 unspecified atom stereocenters. The minimum absolute atomic E-state index is 0.543. The van der Waals surface area contributed by atoms with Gasteiger partial charge in [-0.25, -0.2) is 4.98 Å². The van der Waals surface area contributed by atoms with Gasteiger partial charge in [-0.05, 0) is 13.0 Å². The Morgan fingerprint density at radius 1 is 1.12 bits per heavy atom. The van der Waals surface area contributed by atoms with Crippen molar-refractivity contribution in [3.8, 4) is 11.3 Å². The number of pyridine rings is 1. The van der Waals surface area contributed by atoms with E-state index in [2.05, 4.69) is 20.4 Å². The van der Waals surface area contributed by atoms with Crippen LogP contribution in [0, 0.1) is 6.92 Å². The van der Waals surface area contributed by atoms with Crippen LogP contribution in [0.1, 0.15) is 11.4 Å². The zero-order valence-electron chi connectivity index (χ0n) is 13.1. The molecule has 0 saturated carbocycles. The lowest BCUT2D eigenvalue weighted by molar-refractivity contribution is 0.451. The molecule has 3 aromatic heterocycles. The normalized spacial score (nSPS) is 10.9. The highest BCUT2D eigenvalue weighted by Gasteiger charge is 2.14. The number of fused-ring (bicyclic) bond motifs is 1. The van der Waals surface area contributed by atoms with Crippen molar-refractivity contribution >= 4 is 16.8 Å². The summed E-state index contributed by atoms with van der Waals surface area (Å²) in [5.74, 6) is 0. The number of rotatable bonds is 4. The van der Waals surface area contributed by atoms with E-state index in [9.17, 15) is 0 Å². The van der Waals surface area contributed by atoms with Gasteiger partial charge in [-0.1, -0.05) is 35.5 Å². The smallest absolute Gasteiger partial charge is 0.208 e. The number of aromatic nitrogens is 4. The second kappa shape index (κ2) is 6.08. The fourth-order valence-corrected chi connectivity index (χ4v) is 2.52. The first-order valence-corrected chi connectivity index (χ1v) is 7.62. The fraction of sp³-hybridized carbons (Fsp3) is 0.111. The Labute approximate surface area is 138 Å². The molecule has 1 N–H and O–H groups in total. The number of hydrogen-bond acceptors (Lipinski definition) is 6. The van der Waals surface area contributed by atoms with Crippen molar-refractivity contribution in [3.63, 3.8) is 0 Å². The summed E-state index contributed by atoms with van der Waals surface area (Å²) >= 11 is 0. The van der Waals surface area contributed by atoms with Crippen LogP contribution in [0.3, 0.4) is 0 Å². The Balaban J connectivity index is 1.76. The third-order valence-electron chi connectivity index (χ3n) is 3.74. The Hall–Kier alpha value is -3.28. The maximum Gasteiger partial charge on any atom is 0.208 e. The zero-order chi connectivity index (χ0) is 16.4. The van der Waals surface area contributed by atoms with Gasteiger partial charge in [0.05, 0.1) is 29.8 Å². The van der Waals surface area contributed by atoms with Crippen molar-refractivity contribution in [1.29, 1.82) is 0 Å². The minimum Gasteiger partial charge on any atom is -0.376 e. The third-order valence-corrected chi connectivity index (χ3v) is 3.74. The topological polar surface area (TPSA) is 76.7 Å². The Kier molecular flexibility index (Phi) is 3.63. The van der Waals surface area contributed by atoms with Crippen LogP contribution in [0.15, 0.2) is 59.5 Å².